The van der Waals surface area contributed by atoms with Crippen LogP contribution in [-0.2, 0) is 19.2 Å². The molecule has 28 heavy (non-hydrogen) atoms. The van der Waals surface area contributed by atoms with E-state index in [1.807, 2.05) is 44.2 Å². The second-order valence-corrected chi connectivity index (χ2v) is 9.02. The fourth-order valence-corrected chi connectivity index (χ4v) is 4.17. The summed E-state index contributed by atoms with van der Waals surface area (Å²) in [7, 11) is 0. The van der Waals surface area contributed by atoms with Crippen LogP contribution in [0, 0.1) is 5.92 Å². The predicted molar refractivity (Wildman–Crippen MR) is 108 cm³/mol. The van der Waals surface area contributed by atoms with E-state index >= 15 is 0 Å². The Kier molecular flexibility index (Phi) is 10.4. The molecule has 0 aliphatic heterocycles. The molecule has 1 aromatic rings. The van der Waals surface area contributed by atoms with Crippen LogP contribution in [0.2, 0.25) is 0 Å². The van der Waals surface area contributed by atoms with Crippen LogP contribution in [0.4, 0.5) is 0 Å². The summed E-state index contributed by atoms with van der Waals surface area (Å²) >= 11 is -0.447. The number of nitrogens with one attached hydrogen (secondary N) is 2. The third-order valence-electron chi connectivity index (χ3n) is 3.79. The van der Waals surface area contributed by atoms with Crippen molar-refractivity contribution in [1.82, 2.24) is 10.6 Å². The van der Waals surface area contributed by atoms with Gasteiger partial charge in [0.1, 0.15) is 0 Å². The van der Waals surface area contributed by atoms with E-state index in [0.717, 1.165) is 4.46 Å². The van der Waals surface area contributed by atoms with Gasteiger partial charge in [-0.3, -0.25) is 0 Å². The fourth-order valence-electron chi connectivity index (χ4n) is 2.44. The van der Waals surface area contributed by atoms with Gasteiger partial charge in [-0.05, 0) is 0 Å². The Balaban J connectivity index is 2.87. The zero-order chi connectivity index (χ0) is 21.1. The standard InChI is InChI=1S/C19H28N4O4Se/c1-12(2)10-15(19(27)28-13-6-4-3-5-7-13)23-18(26)14(8-9-16(21)24)22-17(25)11-20/h3-7,12,14-15H,8-11,20H2,1-2H3,(H2,21,24)(H,22,25)(H,23,26)/t14-,15-/m0/s1. The van der Waals surface area contributed by atoms with Gasteiger partial charge in [-0.2, -0.15) is 0 Å². The van der Waals surface area contributed by atoms with Gasteiger partial charge in [0.25, 0.3) is 0 Å². The molecule has 0 aliphatic carbocycles. The summed E-state index contributed by atoms with van der Waals surface area (Å²) in [5.41, 5.74) is 10.4. The molecule has 0 saturated heterocycles. The number of carbonyl (C=O) groups is 4. The molecule has 0 heterocycles. The molecule has 0 aliphatic rings. The van der Waals surface area contributed by atoms with Crippen LogP contribution >= 0.6 is 0 Å². The summed E-state index contributed by atoms with van der Waals surface area (Å²) in [6, 6.07) is 7.72. The van der Waals surface area contributed by atoms with E-state index in [2.05, 4.69) is 10.6 Å². The van der Waals surface area contributed by atoms with E-state index in [1.165, 1.54) is 0 Å². The summed E-state index contributed by atoms with van der Waals surface area (Å²) in [6.45, 7) is 3.64. The third-order valence-corrected chi connectivity index (χ3v) is 5.87. The first-order chi connectivity index (χ1) is 13.2. The molecule has 0 aromatic heterocycles. The molecule has 0 unspecified atom stereocenters. The van der Waals surface area contributed by atoms with Gasteiger partial charge in [0.2, 0.25) is 0 Å². The van der Waals surface area contributed by atoms with Crippen molar-refractivity contribution in [3.05, 3.63) is 30.3 Å². The molecule has 0 bridgehead atoms. The summed E-state index contributed by atoms with van der Waals surface area (Å²) < 4.78 is 0.865. The minimum atomic E-state index is -0.977. The van der Waals surface area contributed by atoms with E-state index in [-0.39, 0.29) is 30.0 Å². The van der Waals surface area contributed by atoms with Crippen molar-refractivity contribution in [2.75, 3.05) is 6.54 Å². The van der Waals surface area contributed by atoms with E-state index in [4.69, 9.17) is 11.5 Å². The van der Waals surface area contributed by atoms with Crippen LogP contribution in [0.15, 0.2) is 30.3 Å². The van der Waals surface area contributed by atoms with E-state index in [1.54, 1.807) is 0 Å². The number of carbonyl (C=O) groups excluding carboxylic acids is 4. The minimum absolute atomic E-state index is 0.0410. The van der Waals surface area contributed by atoms with E-state index in [9.17, 15) is 19.2 Å². The molecule has 3 amide bonds. The first kappa shape index (κ1) is 23.8. The fraction of sp³-hybridized carbons (Fsp3) is 0.474. The van der Waals surface area contributed by atoms with Gasteiger partial charge in [-0.25, -0.2) is 0 Å². The Morgan fingerprint density at radius 2 is 1.68 bits per heavy atom. The summed E-state index contributed by atoms with van der Waals surface area (Å²) in [4.78, 5) is 48.2. The molecular formula is C19H28N4O4Se. The molecule has 9 heteroatoms. The molecule has 0 spiro atoms. The summed E-state index contributed by atoms with van der Waals surface area (Å²) in [6.07, 6.45) is 0.450. The van der Waals surface area contributed by atoms with Crippen LogP contribution in [0.5, 0.6) is 0 Å². The SMILES string of the molecule is CC(C)C[C@H](NC(=O)[C@H](CCC(N)=O)NC(=O)CN)C(=O)[Se]c1ccccc1. The first-order valence-electron chi connectivity index (χ1n) is 9.07. The topological polar surface area (TPSA) is 144 Å². The Morgan fingerprint density at radius 3 is 2.21 bits per heavy atom. The van der Waals surface area contributed by atoms with Gasteiger partial charge < -0.3 is 0 Å². The zero-order valence-corrected chi connectivity index (χ0v) is 17.9. The van der Waals surface area contributed by atoms with Crippen LogP contribution in [0.3, 0.4) is 0 Å². The number of primary amides is 1. The number of amides is 3. The van der Waals surface area contributed by atoms with Crippen molar-refractivity contribution in [3.63, 3.8) is 0 Å². The number of benzene rings is 1. The molecule has 2 atom stereocenters. The second-order valence-electron chi connectivity index (χ2n) is 6.75. The molecule has 154 valence electrons. The molecule has 6 N–H and O–H groups in total. The quantitative estimate of drug-likeness (QED) is 0.292. The zero-order valence-electron chi connectivity index (χ0n) is 16.1. The van der Waals surface area contributed by atoms with Gasteiger partial charge in [-0.1, -0.05) is 0 Å². The molecular weight excluding hydrogens is 427 g/mol. The molecule has 0 fully saturated rings. The molecule has 1 rings (SSSR count). The van der Waals surface area contributed by atoms with Crippen LogP contribution in [0.25, 0.3) is 0 Å². The molecule has 0 saturated carbocycles. The van der Waals surface area contributed by atoms with E-state index in [0.29, 0.717) is 6.42 Å². The van der Waals surface area contributed by atoms with Gasteiger partial charge in [0.05, 0.1) is 0 Å². The average molecular weight is 455 g/mol. The Labute approximate surface area is 171 Å². The van der Waals surface area contributed by atoms with Crippen molar-refractivity contribution in [3.8, 4) is 0 Å². The molecule has 0 radical (unpaired) electrons. The van der Waals surface area contributed by atoms with Crippen molar-refractivity contribution < 1.29 is 19.2 Å². The maximum atomic E-state index is 12.8. The monoisotopic (exact) mass is 456 g/mol. The van der Waals surface area contributed by atoms with Crippen molar-refractivity contribution in [2.45, 2.75) is 45.2 Å². The van der Waals surface area contributed by atoms with Gasteiger partial charge in [0, 0.05) is 0 Å². The summed E-state index contributed by atoms with van der Waals surface area (Å²) in [5.74, 6) is -1.44. The maximum absolute atomic E-state index is 12.8. The average Bonchev–Trinajstić information content (AvgIpc) is 2.64. The van der Waals surface area contributed by atoms with Crippen LogP contribution < -0.4 is 26.6 Å². The number of hydrogen-bond acceptors (Lipinski definition) is 5. The van der Waals surface area contributed by atoms with Crippen molar-refractivity contribution >= 4 is 41.8 Å². The third kappa shape index (κ3) is 9.12. The van der Waals surface area contributed by atoms with Crippen LogP contribution in [0.1, 0.15) is 33.1 Å². The number of nitrogens with two attached hydrogens (primary N) is 2. The van der Waals surface area contributed by atoms with Gasteiger partial charge in [0.15, 0.2) is 0 Å². The number of rotatable bonds is 12. The first-order valence-corrected chi connectivity index (χ1v) is 10.8. The normalized spacial score (nSPS) is 12.9. The van der Waals surface area contributed by atoms with Crippen molar-refractivity contribution in [1.29, 1.82) is 0 Å². The van der Waals surface area contributed by atoms with Crippen LogP contribution in [-0.4, -0.2) is 56.0 Å². The van der Waals surface area contributed by atoms with E-state index < -0.39 is 44.8 Å². The molecule has 8 nitrogen and oxygen atoms in total. The van der Waals surface area contributed by atoms with Gasteiger partial charge >= 0.3 is 171 Å². The summed E-state index contributed by atoms with van der Waals surface area (Å²) in [5, 5.41) is 5.22. The van der Waals surface area contributed by atoms with Gasteiger partial charge in [-0.15, -0.1) is 0 Å². The Hall–Kier alpha value is -2.22. The Bertz CT molecular complexity index is 682. The Morgan fingerprint density at radius 1 is 1.04 bits per heavy atom. The second kappa shape index (κ2) is 12.3. The van der Waals surface area contributed by atoms with Crippen molar-refractivity contribution in [2.24, 2.45) is 17.4 Å². The molecule has 1 aromatic carbocycles. The number of hydrogen-bond donors (Lipinski definition) is 4. The predicted octanol–water partition coefficient (Wildman–Crippen LogP) is -1.22.